The third kappa shape index (κ3) is 5.39. The summed E-state index contributed by atoms with van der Waals surface area (Å²) in [5, 5.41) is 3.00. The zero-order valence-electron chi connectivity index (χ0n) is 19.0. The average Bonchev–Trinajstić information content (AvgIpc) is 3.56. The largest absolute Gasteiger partial charge is 0.325 e. The van der Waals surface area contributed by atoms with E-state index in [1.807, 2.05) is 60.7 Å². The number of nitrogens with one attached hydrogen (secondary N) is 1. The molecule has 4 heteroatoms. The lowest BCUT2D eigenvalue weighted by Crippen LogP contribution is -2.25. The number of amides is 1. The van der Waals surface area contributed by atoms with Crippen molar-refractivity contribution in [2.24, 2.45) is 5.73 Å². The van der Waals surface area contributed by atoms with E-state index in [0.717, 1.165) is 36.1 Å². The van der Waals surface area contributed by atoms with Crippen molar-refractivity contribution in [3.8, 4) is 11.1 Å². The number of rotatable bonds is 7. The molecule has 1 amide bonds. The maximum atomic E-state index is 12.7. The predicted molar refractivity (Wildman–Crippen MR) is 143 cm³/mol. The number of anilines is 1. The van der Waals surface area contributed by atoms with Crippen LogP contribution in [0.4, 0.5) is 5.69 Å². The number of benzene rings is 4. The maximum absolute atomic E-state index is 12.7. The quantitative estimate of drug-likeness (QED) is 0.311. The molecule has 3 N–H and O–H groups in total. The van der Waals surface area contributed by atoms with Crippen molar-refractivity contribution in [3.63, 3.8) is 0 Å². The Bertz CT molecular complexity index is 1220. The molecule has 0 spiro atoms. The number of hydrogen-bond acceptors (Lipinski definition) is 2. The van der Waals surface area contributed by atoms with Crippen molar-refractivity contribution < 1.29 is 4.79 Å². The second kappa shape index (κ2) is 10.3. The second-order valence-electron chi connectivity index (χ2n) is 8.99. The number of carbonyl (C=O) groups is 1. The Hall–Kier alpha value is -3.40. The first kappa shape index (κ1) is 23.7. The summed E-state index contributed by atoms with van der Waals surface area (Å²) >= 11 is 0. The fraction of sp³-hybridized carbons (Fsp3) is 0.167. The summed E-state index contributed by atoms with van der Waals surface area (Å²) in [6.07, 6.45) is 3.00. The first-order chi connectivity index (χ1) is 16.1. The SMILES string of the molecule is Cl.NC1(CCc2ccccc2)CC1c1ccc(NC(=O)c2ccc(-c3ccccc3)cc2)cc1. The van der Waals surface area contributed by atoms with Crippen LogP contribution in [0.5, 0.6) is 0 Å². The zero-order chi connectivity index (χ0) is 22.7. The molecule has 172 valence electrons. The Morgan fingerprint density at radius 3 is 2.03 bits per heavy atom. The maximum Gasteiger partial charge on any atom is 0.255 e. The van der Waals surface area contributed by atoms with Gasteiger partial charge < -0.3 is 11.1 Å². The molecule has 5 rings (SSSR count). The molecule has 1 aliphatic carbocycles. The Morgan fingerprint density at radius 1 is 0.794 bits per heavy atom. The van der Waals surface area contributed by atoms with E-state index in [1.54, 1.807) is 0 Å². The summed E-state index contributed by atoms with van der Waals surface area (Å²) in [6.45, 7) is 0. The van der Waals surface area contributed by atoms with E-state index in [4.69, 9.17) is 5.73 Å². The number of nitrogens with two attached hydrogens (primary N) is 1. The minimum Gasteiger partial charge on any atom is -0.325 e. The molecule has 0 aliphatic heterocycles. The molecule has 0 heterocycles. The molecule has 2 unspecified atom stereocenters. The van der Waals surface area contributed by atoms with Crippen LogP contribution in [0, 0.1) is 0 Å². The normalized spacial score (nSPS) is 18.6. The van der Waals surface area contributed by atoms with Crippen LogP contribution in [0.1, 0.15) is 40.2 Å². The smallest absolute Gasteiger partial charge is 0.255 e. The highest BCUT2D eigenvalue weighted by Gasteiger charge is 2.50. The topological polar surface area (TPSA) is 55.1 Å². The first-order valence-corrected chi connectivity index (χ1v) is 11.5. The van der Waals surface area contributed by atoms with E-state index in [1.165, 1.54) is 11.1 Å². The van der Waals surface area contributed by atoms with Crippen molar-refractivity contribution in [2.75, 3.05) is 5.32 Å². The van der Waals surface area contributed by atoms with E-state index in [2.05, 4.69) is 53.8 Å². The van der Waals surface area contributed by atoms with Gasteiger partial charge in [-0.2, -0.15) is 0 Å². The van der Waals surface area contributed by atoms with Crippen molar-refractivity contribution in [3.05, 3.63) is 126 Å². The van der Waals surface area contributed by atoms with Crippen molar-refractivity contribution in [1.82, 2.24) is 0 Å². The molecule has 0 saturated heterocycles. The summed E-state index contributed by atoms with van der Waals surface area (Å²) in [6, 6.07) is 36.5. The van der Waals surface area contributed by atoms with Gasteiger partial charge in [-0.05, 0) is 65.8 Å². The van der Waals surface area contributed by atoms with Gasteiger partial charge in [0.2, 0.25) is 0 Å². The van der Waals surface area contributed by atoms with Crippen LogP contribution in [-0.4, -0.2) is 11.4 Å². The molecule has 2 atom stereocenters. The summed E-state index contributed by atoms with van der Waals surface area (Å²) in [5.74, 6) is 0.279. The molecule has 0 radical (unpaired) electrons. The van der Waals surface area contributed by atoms with Gasteiger partial charge in [-0.25, -0.2) is 0 Å². The van der Waals surface area contributed by atoms with Gasteiger partial charge >= 0.3 is 0 Å². The molecule has 1 saturated carbocycles. The van der Waals surface area contributed by atoms with E-state index in [9.17, 15) is 4.79 Å². The Morgan fingerprint density at radius 2 is 1.38 bits per heavy atom. The first-order valence-electron chi connectivity index (χ1n) is 11.5. The molecule has 0 bridgehead atoms. The number of aryl methyl sites for hydroxylation is 1. The molecule has 1 fully saturated rings. The second-order valence-corrected chi connectivity index (χ2v) is 8.99. The fourth-order valence-corrected chi connectivity index (χ4v) is 4.52. The van der Waals surface area contributed by atoms with Gasteiger partial charge in [0, 0.05) is 22.7 Å². The van der Waals surface area contributed by atoms with Crippen LogP contribution >= 0.6 is 12.4 Å². The standard InChI is InChI=1S/C30H28N2O.ClH/c31-30(20-19-22-7-3-1-4-8-22)21-28(30)25-15-17-27(18-16-25)32-29(33)26-13-11-24(12-14-26)23-9-5-2-6-10-23;/h1-18,28H,19-21,31H2,(H,32,33);1H. The third-order valence-electron chi connectivity index (χ3n) is 6.67. The summed E-state index contributed by atoms with van der Waals surface area (Å²) in [5.41, 5.74) is 12.8. The van der Waals surface area contributed by atoms with E-state index in [0.29, 0.717) is 11.5 Å². The van der Waals surface area contributed by atoms with E-state index >= 15 is 0 Å². The molecule has 4 aromatic rings. The monoisotopic (exact) mass is 468 g/mol. The van der Waals surface area contributed by atoms with Gasteiger partial charge in [-0.15, -0.1) is 12.4 Å². The third-order valence-corrected chi connectivity index (χ3v) is 6.67. The van der Waals surface area contributed by atoms with Gasteiger partial charge in [0.05, 0.1) is 0 Å². The van der Waals surface area contributed by atoms with E-state index < -0.39 is 0 Å². The minimum atomic E-state index is -0.124. The number of carbonyl (C=O) groups excluding carboxylic acids is 1. The van der Waals surface area contributed by atoms with Gasteiger partial charge in [0.1, 0.15) is 0 Å². The molecular formula is C30H29ClN2O. The Balaban J connectivity index is 0.00000274. The summed E-state index contributed by atoms with van der Waals surface area (Å²) in [4.78, 5) is 12.7. The summed E-state index contributed by atoms with van der Waals surface area (Å²) in [7, 11) is 0. The number of halogens is 1. The lowest BCUT2D eigenvalue weighted by Gasteiger charge is -2.12. The molecular weight excluding hydrogens is 440 g/mol. The van der Waals surface area contributed by atoms with Crippen LogP contribution in [0.15, 0.2) is 109 Å². The van der Waals surface area contributed by atoms with Crippen LogP contribution < -0.4 is 11.1 Å². The highest BCUT2D eigenvalue weighted by Crippen LogP contribution is 2.52. The van der Waals surface area contributed by atoms with Gasteiger partial charge in [0.15, 0.2) is 0 Å². The Labute approximate surface area is 207 Å². The van der Waals surface area contributed by atoms with Crippen molar-refractivity contribution >= 4 is 24.0 Å². The van der Waals surface area contributed by atoms with E-state index in [-0.39, 0.29) is 23.9 Å². The minimum absolute atomic E-state index is 0. The fourth-order valence-electron chi connectivity index (χ4n) is 4.52. The average molecular weight is 469 g/mol. The predicted octanol–water partition coefficient (Wildman–Crippen LogP) is 6.85. The van der Waals surface area contributed by atoms with Gasteiger partial charge in [-0.1, -0.05) is 84.9 Å². The molecule has 0 aromatic heterocycles. The lowest BCUT2D eigenvalue weighted by molar-refractivity contribution is 0.102. The van der Waals surface area contributed by atoms with Crippen LogP contribution in [-0.2, 0) is 6.42 Å². The van der Waals surface area contributed by atoms with Gasteiger partial charge in [-0.3, -0.25) is 4.79 Å². The highest BCUT2D eigenvalue weighted by atomic mass is 35.5. The Kier molecular flexibility index (Phi) is 7.16. The molecule has 1 aliphatic rings. The van der Waals surface area contributed by atoms with Gasteiger partial charge in [0.25, 0.3) is 5.91 Å². The number of hydrogen-bond donors (Lipinski definition) is 2. The highest BCUT2D eigenvalue weighted by molar-refractivity contribution is 6.04. The summed E-state index contributed by atoms with van der Waals surface area (Å²) < 4.78 is 0. The lowest BCUT2D eigenvalue weighted by atomic mass is 9.99. The van der Waals surface area contributed by atoms with Crippen molar-refractivity contribution in [1.29, 1.82) is 0 Å². The zero-order valence-corrected chi connectivity index (χ0v) is 19.8. The molecule has 3 nitrogen and oxygen atoms in total. The molecule has 4 aromatic carbocycles. The van der Waals surface area contributed by atoms with Crippen molar-refractivity contribution in [2.45, 2.75) is 30.7 Å². The van der Waals surface area contributed by atoms with Crippen LogP contribution in [0.25, 0.3) is 11.1 Å². The van der Waals surface area contributed by atoms with Crippen LogP contribution in [0.3, 0.4) is 0 Å². The molecule has 34 heavy (non-hydrogen) atoms. The van der Waals surface area contributed by atoms with Crippen LogP contribution in [0.2, 0.25) is 0 Å².